The molecule has 0 fully saturated rings. The van der Waals surface area contributed by atoms with Crippen LogP contribution in [0.3, 0.4) is 0 Å². The maximum atomic E-state index is 12.2. The number of phenols is 2. The largest absolute Gasteiger partial charge is 0.507 e. The van der Waals surface area contributed by atoms with Gasteiger partial charge in [0.15, 0.2) is 0 Å². The minimum atomic E-state index is -4.90. The van der Waals surface area contributed by atoms with Crippen LogP contribution in [0, 0.1) is 0 Å². The van der Waals surface area contributed by atoms with Crippen molar-refractivity contribution < 1.29 is 62.1 Å². The SMILES string of the molecule is Nc1ccc(N=Nc2ccc(N=Nc3ccc(N=Nc4ccc5cccc(S(=O)(=O)O)c5c4)c4c(O)cc(S(=O)(=O)O)cc34)c3ccc(S(=O)(=O)O)cc23)c2c(O)cc(S(=O)(=O)O)cc12. The van der Waals surface area contributed by atoms with Crippen LogP contribution in [-0.2, 0) is 40.5 Å². The van der Waals surface area contributed by atoms with Gasteiger partial charge in [0, 0.05) is 44.8 Å². The maximum absolute atomic E-state index is 12.2. The van der Waals surface area contributed by atoms with E-state index in [-0.39, 0.29) is 82.4 Å². The van der Waals surface area contributed by atoms with Gasteiger partial charge in [-0.25, -0.2) is 0 Å². The molecule has 21 nitrogen and oxygen atoms in total. The Labute approximate surface area is 366 Å². The molecule has 8 aromatic carbocycles. The molecule has 0 saturated heterocycles. The van der Waals surface area contributed by atoms with Gasteiger partial charge in [0.05, 0.1) is 59.6 Å². The van der Waals surface area contributed by atoms with Crippen LogP contribution in [0.5, 0.6) is 11.5 Å². The monoisotopic (exact) mass is 957 g/mol. The molecular formula is C40H27N7O14S4. The summed E-state index contributed by atoms with van der Waals surface area (Å²) in [6, 6.07) is 23.8. The lowest BCUT2D eigenvalue weighted by atomic mass is 10.1. The highest BCUT2D eigenvalue weighted by molar-refractivity contribution is 7.86. The van der Waals surface area contributed by atoms with Crippen LogP contribution in [0.4, 0.5) is 39.8 Å². The standard InChI is InChI=1S/C40H27N7O14S4/c41-30-8-9-34(39-28(30)16-23(18-36(39)48)63(53,54)55)47-44-32-11-10-31(25-7-6-22(15-27(25)32)62(50,51)52)43-45-33-12-13-35(40-29(33)17-24(19-37(40)49)64(56,57)58)46-42-21-5-4-20-2-1-3-38(26(20)14-21)65(59,60)61/h1-19,48-49H,41H2,(H,50,51,52)(H,53,54,55)(H,56,57,58)(H,59,60,61). The average Bonchev–Trinajstić information content (AvgIpc) is 3.23. The van der Waals surface area contributed by atoms with E-state index in [1.807, 2.05) is 0 Å². The lowest BCUT2D eigenvalue weighted by molar-refractivity contribution is 0.470. The van der Waals surface area contributed by atoms with Crippen LogP contribution in [0.2, 0.25) is 0 Å². The number of nitrogens with zero attached hydrogens (tertiary/aromatic N) is 6. The van der Waals surface area contributed by atoms with Gasteiger partial charge in [-0.3, -0.25) is 18.2 Å². The number of hydrogen-bond donors (Lipinski definition) is 7. The molecule has 0 aliphatic carbocycles. The first kappa shape index (κ1) is 44.3. The van der Waals surface area contributed by atoms with Crippen molar-refractivity contribution in [3.05, 3.63) is 115 Å². The second-order valence-electron chi connectivity index (χ2n) is 14.0. The molecule has 0 aliphatic heterocycles. The van der Waals surface area contributed by atoms with Crippen LogP contribution in [0.25, 0.3) is 43.1 Å². The number of rotatable bonds is 10. The van der Waals surface area contributed by atoms with Crippen LogP contribution in [0.15, 0.2) is 166 Å². The molecule has 0 unspecified atom stereocenters. The number of fused-ring (bicyclic) bond motifs is 4. The van der Waals surface area contributed by atoms with Crippen molar-refractivity contribution in [1.82, 2.24) is 0 Å². The zero-order valence-corrected chi connectivity index (χ0v) is 35.6. The lowest BCUT2D eigenvalue weighted by Gasteiger charge is -2.10. The number of aromatic hydroxyl groups is 2. The van der Waals surface area contributed by atoms with Crippen LogP contribution in [-0.4, -0.2) is 62.1 Å². The van der Waals surface area contributed by atoms with Gasteiger partial charge < -0.3 is 15.9 Å². The van der Waals surface area contributed by atoms with Crippen molar-refractivity contribution in [1.29, 1.82) is 0 Å². The fourth-order valence-electron chi connectivity index (χ4n) is 6.87. The van der Waals surface area contributed by atoms with Crippen molar-refractivity contribution in [2.24, 2.45) is 30.7 Å². The summed E-state index contributed by atoms with van der Waals surface area (Å²) in [7, 11) is -19.0. The zero-order valence-electron chi connectivity index (χ0n) is 32.3. The predicted octanol–water partition coefficient (Wildman–Crippen LogP) is 9.53. The summed E-state index contributed by atoms with van der Waals surface area (Å²) in [5, 5.41) is 47.8. The van der Waals surface area contributed by atoms with E-state index in [4.69, 9.17) is 5.73 Å². The first-order valence-electron chi connectivity index (χ1n) is 18.1. The Hall–Kier alpha value is -7.36. The third kappa shape index (κ3) is 8.80. The van der Waals surface area contributed by atoms with Crippen molar-refractivity contribution in [2.45, 2.75) is 19.6 Å². The average molecular weight is 958 g/mol. The quantitative estimate of drug-likeness (QED) is 0.0381. The second-order valence-corrected chi connectivity index (χ2v) is 19.6. The predicted molar refractivity (Wildman–Crippen MR) is 235 cm³/mol. The Morgan fingerprint density at radius 2 is 0.862 bits per heavy atom. The molecule has 0 atom stereocenters. The number of anilines is 1. The molecule has 0 aliphatic rings. The Bertz CT molecular complexity index is 3940. The van der Waals surface area contributed by atoms with Crippen molar-refractivity contribution >= 4 is 123 Å². The van der Waals surface area contributed by atoms with Crippen molar-refractivity contribution in [3.63, 3.8) is 0 Å². The first-order chi connectivity index (χ1) is 30.5. The zero-order chi connectivity index (χ0) is 46.8. The minimum Gasteiger partial charge on any atom is -0.507 e. The second kappa shape index (κ2) is 16.0. The van der Waals surface area contributed by atoms with Gasteiger partial charge in [-0.15, -0.1) is 25.6 Å². The molecule has 0 bridgehead atoms. The van der Waals surface area contributed by atoms with Gasteiger partial charge in [-0.1, -0.05) is 24.3 Å². The van der Waals surface area contributed by atoms with E-state index in [9.17, 15) is 62.1 Å². The van der Waals surface area contributed by atoms with Gasteiger partial charge in [-0.2, -0.15) is 38.8 Å². The highest BCUT2D eigenvalue weighted by Gasteiger charge is 2.21. The molecule has 0 amide bonds. The number of hydrogen-bond acceptors (Lipinski definition) is 17. The van der Waals surface area contributed by atoms with E-state index in [1.165, 1.54) is 72.8 Å². The van der Waals surface area contributed by atoms with Crippen molar-refractivity contribution in [2.75, 3.05) is 5.73 Å². The van der Waals surface area contributed by atoms with Gasteiger partial charge in [-0.05, 0) is 84.2 Å². The van der Waals surface area contributed by atoms with E-state index < -0.39 is 66.7 Å². The number of nitrogen functional groups attached to an aromatic ring is 1. The molecule has 8 aromatic rings. The Balaban J connectivity index is 1.23. The van der Waals surface area contributed by atoms with E-state index in [2.05, 4.69) is 30.7 Å². The summed E-state index contributed by atoms with van der Waals surface area (Å²) in [4.78, 5) is -2.28. The van der Waals surface area contributed by atoms with E-state index in [0.717, 1.165) is 36.4 Å². The number of benzene rings is 8. The molecule has 65 heavy (non-hydrogen) atoms. The summed E-state index contributed by atoms with van der Waals surface area (Å²) < 4.78 is 136. The molecule has 8 rings (SSSR count). The van der Waals surface area contributed by atoms with E-state index in [1.54, 1.807) is 6.07 Å². The topological polar surface area (TPSA) is 358 Å². The highest BCUT2D eigenvalue weighted by Crippen LogP contribution is 2.44. The molecule has 0 saturated carbocycles. The van der Waals surface area contributed by atoms with Crippen LogP contribution < -0.4 is 5.73 Å². The maximum Gasteiger partial charge on any atom is 0.295 e. The normalized spacial score (nSPS) is 13.1. The van der Waals surface area contributed by atoms with Gasteiger partial charge in [0.25, 0.3) is 40.5 Å². The summed E-state index contributed by atoms with van der Waals surface area (Å²) >= 11 is 0. The van der Waals surface area contributed by atoms with Gasteiger partial charge in [0.2, 0.25) is 0 Å². The number of nitrogens with two attached hydrogens (primary N) is 1. The Morgan fingerprint density at radius 1 is 0.385 bits per heavy atom. The third-order valence-corrected chi connectivity index (χ3v) is 13.3. The van der Waals surface area contributed by atoms with Crippen LogP contribution in [0.1, 0.15) is 0 Å². The van der Waals surface area contributed by atoms with Gasteiger partial charge >= 0.3 is 0 Å². The molecule has 0 heterocycles. The van der Waals surface area contributed by atoms with E-state index >= 15 is 0 Å². The fourth-order valence-corrected chi connectivity index (χ4v) is 9.14. The summed E-state index contributed by atoms with van der Waals surface area (Å²) in [6.45, 7) is 0. The summed E-state index contributed by atoms with van der Waals surface area (Å²) in [5.74, 6) is -1.29. The summed E-state index contributed by atoms with van der Waals surface area (Å²) in [6.07, 6.45) is 0. The molecule has 8 N–H and O–H groups in total. The molecule has 0 aromatic heterocycles. The smallest absolute Gasteiger partial charge is 0.295 e. The number of azo groups is 3. The first-order valence-corrected chi connectivity index (χ1v) is 23.8. The summed E-state index contributed by atoms with van der Waals surface area (Å²) in [5.41, 5.74) is 6.08. The van der Waals surface area contributed by atoms with E-state index in [0.29, 0.717) is 5.39 Å². The van der Waals surface area contributed by atoms with Gasteiger partial charge in [0.1, 0.15) is 16.4 Å². The molecule has 0 radical (unpaired) electrons. The Kier molecular flexibility index (Phi) is 10.9. The Morgan fingerprint density at radius 3 is 1.45 bits per heavy atom. The molecule has 25 heteroatoms. The molecule has 330 valence electrons. The molecular weight excluding hydrogens is 931 g/mol. The lowest BCUT2D eigenvalue weighted by Crippen LogP contribution is -1.98. The number of phenolic OH excluding ortho intramolecular Hbond substituents is 2. The van der Waals surface area contributed by atoms with Crippen molar-refractivity contribution in [3.8, 4) is 11.5 Å². The highest BCUT2D eigenvalue weighted by atomic mass is 32.2. The molecule has 0 spiro atoms. The fraction of sp³-hybridized carbons (Fsp3) is 0. The minimum absolute atomic E-state index is 0.00537. The van der Waals surface area contributed by atoms with Crippen LogP contribution >= 0.6 is 0 Å². The third-order valence-electron chi connectivity index (χ3n) is 9.84.